The monoisotopic (exact) mass is 349 g/mol. The number of hydrogen-bond acceptors (Lipinski definition) is 5. The molecule has 0 bridgehead atoms. The molecule has 0 aliphatic carbocycles. The highest BCUT2D eigenvalue weighted by atomic mass is 35.5. The van der Waals surface area contributed by atoms with Crippen molar-refractivity contribution in [3.63, 3.8) is 0 Å². The molecule has 0 spiro atoms. The van der Waals surface area contributed by atoms with Crippen LogP contribution in [0.4, 0.5) is 5.69 Å². The minimum atomic E-state index is -0.362. The second kappa shape index (κ2) is 6.80. The van der Waals surface area contributed by atoms with E-state index in [1.807, 2.05) is 0 Å². The van der Waals surface area contributed by atoms with Gasteiger partial charge in [0.25, 0.3) is 5.91 Å². The molecule has 1 amide bonds. The first kappa shape index (κ1) is 15.5. The van der Waals surface area contributed by atoms with Gasteiger partial charge in [-0.2, -0.15) is 0 Å². The van der Waals surface area contributed by atoms with Crippen LogP contribution in [-0.2, 0) is 0 Å². The van der Waals surface area contributed by atoms with Gasteiger partial charge in [0.2, 0.25) is 0 Å². The molecule has 0 unspecified atom stereocenters. The van der Waals surface area contributed by atoms with Crippen molar-refractivity contribution in [1.29, 1.82) is 0 Å². The molecule has 0 radical (unpaired) electrons. The summed E-state index contributed by atoms with van der Waals surface area (Å²) in [5, 5.41) is 5.79. The van der Waals surface area contributed by atoms with Gasteiger partial charge in [0.15, 0.2) is 21.8 Å². The maximum Gasteiger partial charge on any atom is 0.257 e. The summed E-state index contributed by atoms with van der Waals surface area (Å²) in [7, 11) is 0. The molecule has 2 N–H and O–H groups in total. The summed E-state index contributed by atoms with van der Waals surface area (Å²) < 4.78 is 10.9. The number of anilines is 1. The molecule has 118 valence electrons. The van der Waals surface area contributed by atoms with Gasteiger partial charge in [-0.25, -0.2) is 4.98 Å². The zero-order valence-electron chi connectivity index (χ0n) is 11.8. The van der Waals surface area contributed by atoms with E-state index in [4.69, 9.17) is 33.3 Å². The minimum Gasteiger partial charge on any atom is -0.486 e. The van der Waals surface area contributed by atoms with Crippen LogP contribution < -0.4 is 20.1 Å². The number of amides is 1. The number of ether oxygens (including phenoxy) is 2. The van der Waals surface area contributed by atoms with Crippen molar-refractivity contribution in [3.05, 3.63) is 47.2 Å². The second-order valence-electron chi connectivity index (χ2n) is 4.61. The highest BCUT2D eigenvalue weighted by Crippen LogP contribution is 2.30. The Morgan fingerprint density at radius 3 is 2.78 bits per heavy atom. The van der Waals surface area contributed by atoms with Crippen molar-refractivity contribution in [2.24, 2.45) is 0 Å². The quantitative estimate of drug-likeness (QED) is 0.641. The van der Waals surface area contributed by atoms with Crippen LogP contribution in [0.1, 0.15) is 10.4 Å². The van der Waals surface area contributed by atoms with Gasteiger partial charge in [-0.05, 0) is 42.5 Å². The van der Waals surface area contributed by atoms with Gasteiger partial charge >= 0.3 is 0 Å². The molecule has 0 fully saturated rings. The maximum absolute atomic E-state index is 12.2. The van der Waals surface area contributed by atoms with Gasteiger partial charge in [-0.3, -0.25) is 10.1 Å². The molecule has 1 aliphatic heterocycles. The lowest BCUT2D eigenvalue weighted by Gasteiger charge is -2.18. The minimum absolute atomic E-state index is 0.125. The number of nitrogens with zero attached hydrogens (tertiary/aromatic N) is 1. The molecule has 6 nitrogen and oxygen atoms in total. The zero-order valence-corrected chi connectivity index (χ0v) is 13.4. The Morgan fingerprint density at radius 1 is 1.22 bits per heavy atom. The normalized spacial score (nSPS) is 12.4. The average molecular weight is 350 g/mol. The number of hydrogen-bond donors (Lipinski definition) is 2. The van der Waals surface area contributed by atoms with Crippen LogP contribution in [0.5, 0.6) is 11.5 Å². The third-order valence-electron chi connectivity index (χ3n) is 3.04. The van der Waals surface area contributed by atoms with Gasteiger partial charge in [0, 0.05) is 11.8 Å². The molecule has 2 aromatic rings. The van der Waals surface area contributed by atoms with Crippen LogP contribution in [0.2, 0.25) is 5.15 Å². The smallest absolute Gasteiger partial charge is 0.257 e. The van der Waals surface area contributed by atoms with Crippen molar-refractivity contribution in [1.82, 2.24) is 10.3 Å². The van der Waals surface area contributed by atoms with Crippen LogP contribution in [0.15, 0.2) is 36.5 Å². The van der Waals surface area contributed by atoms with Crippen LogP contribution in [0.25, 0.3) is 0 Å². The largest absolute Gasteiger partial charge is 0.486 e. The molecule has 2 heterocycles. The van der Waals surface area contributed by atoms with E-state index in [0.29, 0.717) is 36.0 Å². The molecule has 0 atom stereocenters. The molecule has 23 heavy (non-hydrogen) atoms. The Labute approximate surface area is 142 Å². The molecule has 1 aromatic carbocycles. The predicted molar refractivity (Wildman–Crippen MR) is 90.4 cm³/mol. The lowest BCUT2D eigenvalue weighted by atomic mass is 10.2. The van der Waals surface area contributed by atoms with E-state index in [0.717, 1.165) is 0 Å². The van der Waals surface area contributed by atoms with Gasteiger partial charge in [-0.15, -0.1) is 0 Å². The third kappa shape index (κ3) is 3.69. The Morgan fingerprint density at radius 2 is 2.00 bits per heavy atom. The van der Waals surface area contributed by atoms with Crippen LogP contribution >= 0.6 is 23.8 Å². The maximum atomic E-state index is 12.2. The van der Waals surface area contributed by atoms with Gasteiger partial charge in [0.05, 0.1) is 5.69 Å². The van der Waals surface area contributed by atoms with E-state index < -0.39 is 0 Å². The molecular formula is C15H12ClN3O3S. The Balaban J connectivity index is 1.67. The summed E-state index contributed by atoms with van der Waals surface area (Å²) in [6, 6.07) is 8.36. The van der Waals surface area contributed by atoms with Gasteiger partial charge in [0.1, 0.15) is 13.2 Å². The number of halogens is 1. The highest BCUT2D eigenvalue weighted by molar-refractivity contribution is 7.80. The number of fused-ring (bicyclic) bond motifs is 1. The van der Waals surface area contributed by atoms with Crippen molar-refractivity contribution in [3.8, 4) is 11.5 Å². The van der Waals surface area contributed by atoms with E-state index in [2.05, 4.69) is 15.6 Å². The van der Waals surface area contributed by atoms with Gasteiger partial charge < -0.3 is 14.8 Å². The van der Waals surface area contributed by atoms with E-state index in [1.54, 1.807) is 36.5 Å². The first-order chi connectivity index (χ1) is 11.1. The molecule has 1 aromatic heterocycles. The van der Waals surface area contributed by atoms with Gasteiger partial charge in [-0.1, -0.05) is 11.6 Å². The Hall–Kier alpha value is -2.38. The number of carbonyl (C=O) groups is 1. The summed E-state index contributed by atoms with van der Waals surface area (Å²) >= 11 is 11.0. The molecular weight excluding hydrogens is 338 g/mol. The van der Waals surface area contributed by atoms with Crippen molar-refractivity contribution in [2.45, 2.75) is 0 Å². The number of thiocarbonyl (C=S) groups is 1. The third-order valence-corrected chi connectivity index (χ3v) is 3.54. The predicted octanol–water partition coefficient (Wildman–Crippen LogP) is 2.63. The SMILES string of the molecule is O=C(NC(=S)Nc1cccnc1Cl)c1ccc2c(c1)OCCO2. The van der Waals surface area contributed by atoms with E-state index in [9.17, 15) is 4.79 Å². The number of carbonyl (C=O) groups excluding carboxylic acids is 1. The summed E-state index contributed by atoms with van der Waals surface area (Å²) in [4.78, 5) is 16.2. The van der Waals surface area contributed by atoms with Crippen LogP contribution in [0.3, 0.4) is 0 Å². The molecule has 3 rings (SSSR count). The number of pyridine rings is 1. The van der Waals surface area contributed by atoms with Crippen molar-refractivity contribution in [2.75, 3.05) is 18.5 Å². The topological polar surface area (TPSA) is 72.5 Å². The van der Waals surface area contributed by atoms with E-state index >= 15 is 0 Å². The highest BCUT2D eigenvalue weighted by Gasteiger charge is 2.16. The lowest BCUT2D eigenvalue weighted by molar-refractivity contribution is 0.0976. The number of aromatic nitrogens is 1. The zero-order chi connectivity index (χ0) is 16.2. The number of benzene rings is 1. The fraction of sp³-hybridized carbons (Fsp3) is 0.133. The molecule has 0 saturated carbocycles. The van der Waals surface area contributed by atoms with Crippen LogP contribution in [0, 0.1) is 0 Å². The van der Waals surface area contributed by atoms with Crippen molar-refractivity contribution >= 4 is 40.5 Å². The summed E-state index contributed by atoms with van der Waals surface area (Å²) in [6.45, 7) is 0.954. The summed E-state index contributed by atoms with van der Waals surface area (Å²) in [6.07, 6.45) is 1.56. The fourth-order valence-electron chi connectivity index (χ4n) is 1.99. The average Bonchev–Trinajstić information content (AvgIpc) is 2.56. The Bertz CT molecular complexity index is 769. The Kier molecular flexibility index (Phi) is 4.59. The second-order valence-corrected chi connectivity index (χ2v) is 5.37. The molecule has 0 saturated heterocycles. The number of nitrogens with one attached hydrogen (secondary N) is 2. The molecule has 8 heteroatoms. The summed E-state index contributed by atoms with van der Waals surface area (Å²) in [5.41, 5.74) is 0.928. The standard InChI is InChI=1S/C15H12ClN3O3S/c16-13-10(2-1-5-17-13)18-15(23)19-14(20)9-3-4-11-12(8-9)22-7-6-21-11/h1-5,8H,6-7H2,(H2,18,19,20,23). The van der Waals surface area contributed by atoms with Crippen LogP contribution in [-0.4, -0.2) is 29.2 Å². The van der Waals surface area contributed by atoms with E-state index in [-0.39, 0.29) is 16.2 Å². The number of rotatable bonds is 2. The molecule has 1 aliphatic rings. The first-order valence-electron chi connectivity index (χ1n) is 6.76. The fourth-order valence-corrected chi connectivity index (χ4v) is 2.36. The van der Waals surface area contributed by atoms with Crippen molar-refractivity contribution < 1.29 is 14.3 Å². The lowest BCUT2D eigenvalue weighted by Crippen LogP contribution is -2.34. The summed E-state index contributed by atoms with van der Waals surface area (Å²) in [5.74, 6) is 0.799. The first-order valence-corrected chi connectivity index (χ1v) is 7.54. The van der Waals surface area contributed by atoms with E-state index in [1.165, 1.54) is 0 Å².